The number of amides is 1. The molecule has 0 radical (unpaired) electrons. The van der Waals surface area contributed by atoms with Crippen molar-refractivity contribution >= 4 is 12.1 Å². The highest BCUT2D eigenvalue weighted by molar-refractivity contribution is 5.81. The number of esters is 1. The molecule has 3 rings (SSSR count). The summed E-state index contributed by atoms with van der Waals surface area (Å²) >= 11 is 0. The molecule has 0 aromatic carbocycles. The Morgan fingerprint density at radius 3 is 2.55 bits per heavy atom. The molecular formula is C22H35NO6. The maximum absolute atomic E-state index is 12.4. The zero-order valence-electron chi connectivity index (χ0n) is 18.4. The van der Waals surface area contributed by atoms with E-state index in [-0.39, 0.29) is 35.2 Å². The average Bonchev–Trinajstić information content (AvgIpc) is 3.57. The highest BCUT2D eigenvalue weighted by Gasteiger charge is 2.68. The van der Waals surface area contributed by atoms with Crippen molar-refractivity contribution in [3.63, 3.8) is 0 Å². The SMILES string of the molecule is COC(=O)[C@@H](NC(=O)O[C@@H]1CC[C@]2(CO2)[C@@H]([C@@]2(C)O[C@@H]2CC=C(C)C)C1)C(C)C. The predicted octanol–water partition coefficient (Wildman–Crippen LogP) is 3.36. The van der Waals surface area contributed by atoms with Crippen LogP contribution in [0.25, 0.3) is 0 Å². The van der Waals surface area contributed by atoms with Crippen LogP contribution in [0.2, 0.25) is 0 Å². The number of ether oxygens (including phenoxy) is 4. The number of methoxy groups -OCH3 is 1. The third kappa shape index (κ3) is 4.77. The van der Waals surface area contributed by atoms with Crippen molar-refractivity contribution in [3.05, 3.63) is 11.6 Å². The number of allylic oxidation sites excluding steroid dienone is 1. The molecule has 2 aliphatic heterocycles. The summed E-state index contributed by atoms with van der Waals surface area (Å²) in [6, 6.07) is -0.720. The minimum Gasteiger partial charge on any atom is -0.467 e. The van der Waals surface area contributed by atoms with Gasteiger partial charge in [0.15, 0.2) is 0 Å². The number of hydrogen-bond donors (Lipinski definition) is 1. The molecule has 1 amide bonds. The minimum absolute atomic E-state index is 0.0909. The van der Waals surface area contributed by atoms with Crippen LogP contribution in [0.1, 0.15) is 60.3 Å². The summed E-state index contributed by atoms with van der Waals surface area (Å²) in [7, 11) is 1.31. The van der Waals surface area contributed by atoms with Crippen molar-refractivity contribution in [2.24, 2.45) is 11.8 Å². The van der Waals surface area contributed by atoms with E-state index in [0.717, 1.165) is 25.9 Å². The van der Waals surface area contributed by atoms with E-state index in [4.69, 9.17) is 18.9 Å². The topological polar surface area (TPSA) is 89.7 Å². The Hall–Kier alpha value is -1.60. The number of nitrogens with one attached hydrogen (secondary N) is 1. The van der Waals surface area contributed by atoms with Gasteiger partial charge in [0.2, 0.25) is 0 Å². The second kappa shape index (κ2) is 8.26. The molecule has 0 aromatic heterocycles. The summed E-state index contributed by atoms with van der Waals surface area (Å²) < 4.78 is 22.5. The molecule has 1 aliphatic carbocycles. The molecule has 0 unspecified atom stereocenters. The van der Waals surface area contributed by atoms with E-state index in [2.05, 4.69) is 32.2 Å². The monoisotopic (exact) mass is 409 g/mol. The smallest absolute Gasteiger partial charge is 0.408 e. The minimum atomic E-state index is -0.720. The summed E-state index contributed by atoms with van der Waals surface area (Å²) in [5.74, 6) is -0.365. The lowest BCUT2D eigenvalue weighted by Gasteiger charge is -2.36. The van der Waals surface area contributed by atoms with Gasteiger partial charge in [-0.1, -0.05) is 25.5 Å². The molecule has 2 heterocycles. The Morgan fingerprint density at radius 2 is 2.00 bits per heavy atom. The molecule has 0 bridgehead atoms. The van der Waals surface area contributed by atoms with Gasteiger partial charge in [-0.2, -0.15) is 0 Å². The number of rotatable bonds is 7. The maximum Gasteiger partial charge on any atom is 0.408 e. The van der Waals surface area contributed by atoms with Gasteiger partial charge in [-0.05, 0) is 52.4 Å². The molecule has 1 spiro atoms. The fourth-order valence-electron chi connectivity index (χ4n) is 4.62. The molecule has 0 aromatic rings. The molecular weight excluding hydrogens is 374 g/mol. The van der Waals surface area contributed by atoms with Crippen LogP contribution in [0, 0.1) is 11.8 Å². The van der Waals surface area contributed by atoms with E-state index in [1.807, 2.05) is 13.8 Å². The molecule has 164 valence electrons. The van der Waals surface area contributed by atoms with Gasteiger partial charge in [0.05, 0.1) is 31.0 Å². The van der Waals surface area contributed by atoms with Crippen LogP contribution in [0.4, 0.5) is 4.79 Å². The third-order valence-electron chi connectivity index (χ3n) is 6.62. The third-order valence-corrected chi connectivity index (χ3v) is 6.62. The van der Waals surface area contributed by atoms with E-state index in [0.29, 0.717) is 6.42 Å². The van der Waals surface area contributed by atoms with Gasteiger partial charge in [0.1, 0.15) is 12.1 Å². The van der Waals surface area contributed by atoms with E-state index in [1.165, 1.54) is 12.7 Å². The first-order valence-electron chi connectivity index (χ1n) is 10.6. The number of hydrogen-bond acceptors (Lipinski definition) is 6. The number of carbonyl (C=O) groups is 2. The second-order valence-electron chi connectivity index (χ2n) is 9.40. The first kappa shape index (κ1) is 22.1. The first-order chi connectivity index (χ1) is 13.6. The largest absolute Gasteiger partial charge is 0.467 e. The van der Waals surface area contributed by atoms with E-state index in [9.17, 15) is 9.59 Å². The average molecular weight is 410 g/mol. The molecule has 3 fully saturated rings. The molecule has 29 heavy (non-hydrogen) atoms. The van der Waals surface area contributed by atoms with Crippen molar-refractivity contribution in [1.29, 1.82) is 0 Å². The van der Waals surface area contributed by atoms with Crippen LogP contribution in [0.15, 0.2) is 11.6 Å². The quantitative estimate of drug-likeness (QED) is 0.394. The van der Waals surface area contributed by atoms with E-state index in [1.54, 1.807) is 0 Å². The second-order valence-corrected chi connectivity index (χ2v) is 9.40. The van der Waals surface area contributed by atoms with Crippen LogP contribution in [0.3, 0.4) is 0 Å². The van der Waals surface area contributed by atoms with Gasteiger partial charge >= 0.3 is 12.1 Å². The van der Waals surface area contributed by atoms with Crippen LogP contribution in [-0.4, -0.2) is 55.2 Å². The summed E-state index contributed by atoms with van der Waals surface area (Å²) in [6.45, 7) is 10.8. The highest BCUT2D eigenvalue weighted by Crippen LogP contribution is 2.59. The van der Waals surface area contributed by atoms with Gasteiger partial charge in [0.25, 0.3) is 0 Å². The fraction of sp³-hybridized carbons (Fsp3) is 0.818. The Balaban J connectivity index is 1.59. The summed E-state index contributed by atoms with van der Waals surface area (Å²) in [4.78, 5) is 24.3. The normalized spacial score (nSPS) is 36.3. The molecule has 6 atom stereocenters. The van der Waals surface area contributed by atoms with Crippen LogP contribution < -0.4 is 5.32 Å². The Kier molecular flexibility index (Phi) is 6.30. The van der Waals surface area contributed by atoms with Gasteiger partial charge in [-0.15, -0.1) is 0 Å². The number of alkyl carbamates (subject to hydrolysis) is 1. The van der Waals surface area contributed by atoms with E-state index < -0.39 is 18.1 Å². The Bertz CT molecular complexity index is 666. The van der Waals surface area contributed by atoms with E-state index >= 15 is 0 Å². The Morgan fingerprint density at radius 1 is 1.31 bits per heavy atom. The van der Waals surface area contributed by atoms with Crippen molar-refractivity contribution in [2.75, 3.05) is 13.7 Å². The van der Waals surface area contributed by atoms with Crippen molar-refractivity contribution < 1.29 is 28.5 Å². The van der Waals surface area contributed by atoms with Gasteiger partial charge < -0.3 is 24.3 Å². The molecule has 7 nitrogen and oxygen atoms in total. The van der Waals surface area contributed by atoms with Crippen LogP contribution in [-0.2, 0) is 23.7 Å². The Labute approximate surface area is 173 Å². The number of carbonyl (C=O) groups excluding carboxylic acids is 2. The number of epoxide rings is 2. The molecule has 1 saturated carbocycles. The molecule has 2 saturated heterocycles. The molecule has 1 N–H and O–H groups in total. The standard InChI is InChI=1S/C22H35NO6/c1-13(2)7-8-17-21(5,29-17)16-11-15(9-10-22(16)12-27-22)28-20(25)23-18(14(3)4)19(24)26-6/h7,14-18H,8-12H2,1-6H3,(H,23,25)/t15-,16-,17-,18+,21-,22+/m1/s1. The first-order valence-corrected chi connectivity index (χ1v) is 10.6. The lowest BCUT2D eigenvalue weighted by Crippen LogP contribution is -2.48. The van der Waals surface area contributed by atoms with Gasteiger partial charge in [0, 0.05) is 5.92 Å². The van der Waals surface area contributed by atoms with Crippen molar-refractivity contribution in [1.82, 2.24) is 5.32 Å². The zero-order chi connectivity index (χ0) is 21.4. The fourth-order valence-corrected chi connectivity index (χ4v) is 4.62. The summed E-state index contributed by atoms with van der Waals surface area (Å²) in [5, 5.41) is 2.66. The van der Waals surface area contributed by atoms with Gasteiger partial charge in [-0.3, -0.25) is 0 Å². The summed E-state index contributed by atoms with van der Waals surface area (Å²) in [6.07, 6.45) is 4.81. The predicted molar refractivity (Wildman–Crippen MR) is 107 cm³/mol. The molecule has 7 heteroatoms. The maximum atomic E-state index is 12.4. The van der Waals surface area contributed by atoms with Crippen LogP contribution in [0.5, 0.6) is 0 Å². The molecule has 3 aliphatic rings. The highest BCUT2D eigenvalue weighted by atomic mass is 16.6. The van der Waals surface area contributed by atoms with Crippen LogP contribution >= 0.6 is 0 Å². The van der Waals surface area contributed by atoms with Gasteiger partial charge in [-0.25, -0.2) is 9.59 Å². The van der Waals surface area contributed by atoms with Crippen molar-refractivity contribution in [2.45, 2.75) is 89.8 Å². The lowest BCUT2D eigenvalue weighted by atomic mass is 9.70. The zero-order valence-corrected chi connectivity index (χ0v) is 18.4. The van der Waals surface area contributed by atoms with Crippen molar-refractivity contribution in [3.8, 4) is 0 Å². The summed E-state index contributed by atoms with van der Waals surface area (Å²) in [5.41, 5.74) is 0.914. The lowest BCUT2D eigenvalue weighted by molar-refractivity contribution is -0.144.